The number of aliphatic hydroxyl groups is 1. The zero-order valence-electron chi connectivity index (χ0n) is 10.4. The molecule has 0 unspecified atom stereocenters. The molecule has 0 atom stereocenters. The summed E-state index contributed by atoms with van der Waals surface area (Å²) in [6.45, 7) is 4.98. The predicted octanol–water partition coefficient (Wildman–Crippen LogP) is 1.99. The minimum absolute atomic E-state index is 0.114. The quantitative estimate of drug-likeness (QED) is 0.679. The van der Waals surface area contributed by atoms with Crippen molar-refractivity contribution < 1.29 is 10.0 Å². The second kappa shape index (κ2) is 5.19. The third-order valence-electron chi connectivity index (χ3n) is 2.60. The maximum absolute atomic E-state index is 11.9. The van der Waals surface area contributed by atoms with Crippen LogP contribution in [0, 0.1) is 17.0 Å². The molecule has 1 aromatic rings. The van der Waals surface area contributed by atoms with Crippen molar-refractivity contribution in [3.63, 3.8) is 0 Å². The molecule has 0 saturated carbocycles. The third-order valence-corrected chi connectivity index (χ3v) is 3.54. The lowest BCUT2D eigenvalue weighted by Gasteiger charge is -2.17. The first kappa shape index (κ1) is 14.8. The predicted molar refractivity (Wildman–Crippen MR) is 70.7 cm³/mol. The van der Waals surface area contributed by atoms with Gasteiger partial charge in [0.15, 0.2) is 0 Å². The van der Waals surface area contributed by atoms with Gasteiger partial charge in [0.05, 0.1) is 21.2 Å². The summed E-state index contributed by atoms with van der Waals surface area (Å²) in [5, 5.41) is 20.5. The summed E-state index contributed by atoms with van der Waals surface area (Å²) >= 11 is 3.07. The molecular weight excluding hydrogens is 304 g/mol. The van der Waals surface area contributed by atoms with Gasteiger partial charge in [-0.2, -0.15) is 0 Å². The van der Waals surface area contributed by atoms with E-state index in [4.69, 9.17) is 0 Å². The van der Waals surface area contributed by atoms with Crippen LogP contribution in [0.2, 0.25) is 0 Å². The number of hydrogen-bond donors (Lipinski definition) is 1. The highest BCUT2D eigenvalue weighted by atomic mass is 79.9. The second-order valence-electron chi connectivity index (χ2n) is 4.77. The number of halogens is 1. The van der Waals surface area contributed by atoms with Gasteiger partial charge in [-0.25, -0.2) is 0 Å². The summed E-state index contributed by atoms with van der Waals surface area (Å²) in [4.78, 5) is 22.2. The summed E-state index contributed by atoms with van der Waals surface area (Å²) in [5.41, 5.74) is -1.06. The highest BCUT2D eigenvalue weighted by Gasteiger charge is 2.20. The van der Waals surface area contributed by atoms with Crippen LogP contribution in [-0.4, -0.2) is 20.2 Å². The van der Waals surface area contributed by atoms with Crippen molar-refractivity contribution in [3.8, 4) is 0 Å². The van der Waals surface area contributed by atoms with E-state index in [0.29, 0.717) is 12.0 Å². The minimum Gasteiger partial charge on any atom is -0.390 e. The molecule has 0 aliphatic heterocycles. The van der Waals surface area contributed by atoms with Crippen LogP contribution in [0.5, 0.6) is 0 Å². The van der Waals surface area contributed by atoms with E-state index in [1.807, 2.05) is 0 Å². The Morgan fingerprint density at radius 2 is 2.11 bits per heavy atom. The molecule has 0 spiro atoms. The van der Waals surface area contributed by atoms with Crippen LogP contribution in [0.1, 0.15) is 25.8 Å². The highest BCUT2D eigenvalue weighted by Crippen LogP contribution is 2.22. The Balaban J connectivity index is 3.21. The lowest BCUT2D eigenvalue weighted by Crippen LogP contribution is -2.27. The molecule has 7 heteroatoms. The zero-order chi connectivity index (χ0) is 14.1. The average molecular weight is 319 g/mol. The maximum Gasteiger partial charge on any atom is 0.289 e. The summed E-state index contributed by atoms with van der Waals surface area (Å²) in [7, 11) is 0. The van der Waals surface area contributed by atoms with Crippen LogP contribution >= 0.6 is 15.9 Å². The van der Waals surface area contributed by atoms with Crippen molar-refractivity contribution in [1.82, 2.24) is 4.57 Å². The molecule has 0 aliphatic carbocycles. The first-order valence-corrected chi connectivity index (χ1v) is 6.19. The van der Waals surface area contributed by atoms with E-state index in [0.717, 1.165) is 0 Å². The van der Waals surface area contributed by atoms with E-state index in [-0.39, 0.29) is 22.3 Å². The lowest BCUT2D eigenvalue weighted by molar-refractivity contribution is -0.386. The largest absolute Gasteiger partial charge is 0.390 e. The van der Waals surface area contributed by atoms with E-state index >= 15 is 0 Å². The second-order valence-corrected chi connectivity index (χ2v) is 5.56. The van der Waals surface area contributed by atoms with Crippen LogP contribution in [0.25, 0.3) is 0 Å². The van der Waals surface area contributed by atoms with E-state index < -0.39 is 10.5 Å². The number of aromatic nitrogens is 1. The summed E-state index contributed by atoms with van der Waals surface area (Å²) in [5.74, 6) is 0. The smallest absolute Gasteiger partial charge is 0.289 e. The number of rotatable bonds is 4. The summed E-state index contributed by atoms with van der Waals surface area (Å²) in [6, 6.07) is 0. The van der Waals surface area contributed by atoms with Gasteiger partial charge in [0.25, 0.3) is 11.2 Å². The first-order valence-electron chi connectivity index (χ1n) is 5.40. The topological polar surface area (TPSA) is 85.4 Å². The molecule has 0 amide bonds. The Hall–Kier alpha value is -1.21. The van der Waals surface area contributed by atoms with Gasteiger partial charge in [-0.15, -0.1) is 0 Å². The van der Waals surface area contributed by atoms with Gasteiger partial charge in [0.1, 0.15) is 0 Å². The van der Waals surface area contributed by atoms with Crippen LogP contribution in [0.15, 0.2) is 15.5 Å². The molecular formula is C11H15BrN2O4. The van der Waals surface area contributed by atoms with Gasteiger partial charge in [0.2, 0.25) is 0 Å². The Bertz CT molecular complexity index is 531. The molecule has 18 heavy (non-hydrogen) atoms. The number of nitrogens with zero attached hydrogens (tertiary/aromatic N) is 2. The molecule has 6 nitrogen and oxygen atoms in total. The number of nitro groups is 1. The van der Waals surface area contributed by atoms with Crippen molar-refractivity contribution >= 4 is 21.6 Å². The Labute approximate surface area is 113 Å². The molecule has 0 radical (unpaired) electrons. The van der Waals surface area contributed by atoms with Gasteiger partial charge in [0, 0.05) is 12.1 Å². The zero-order valence-corrected chi connectivity index (χ0v) is 12.0. The van der Waals surface area contributed by atoms with Crippen LogP contribution in [0.4, 0.5) is 5.69 Å². The molecule has 1 rings (SSSR count). The Morgan fingerprint density at radius 1 is 1.56 bits per heavy atom. The fourth-order valence-electron chi connectivity index (χ4n) is 1.45. The van der Waals surface area contributed by atoms with Gasteiger partial charge in [-0.05, 0) is 43.1 Å². The minimum atomic E-state index is -0.925. The Morgan fingerprint density at radius 3 is 2.56 bits per heavy atom. The van der Waals surface area contributed by atoms with Crippen LogP contribution in [0.3, 0.4) is 0 Å². The molecule has 0 aromatic carbocycles. The van der Waals surface area contributed by atoms with Crippen molar-refractivity contribution in [2.45, 2.75) is 39.3 Å². The van der Waals surface area contributed by atoms with Gasteiger partial charge >= 0.3 is 0 Å². The Kier molecular flexibility index (Phi) is 4.28. The summed E-state index contributed by atoms with van der Waals surface area (Å²) < 4.78 is 1.43. The lowest BCUT2D eigenvalue weighted by atomic mass is 10.1. The van der Waals surface area contributed by atoms with Gasteiger partial charge in [-0.1, -0.05) is 0 Å². The molecule has 1 N–H and O–H groups in total. The number of hydrogen-bond acceptors (Lipinski definition) is 4. The highest BCUT2D eigenvalue weighted by molar-refractivity contribution is 9.10. The van der Waals surface area contributed by atoms with Crippen LogP contribution in [-0.2, 0) is 6.54 Å². The van der Waals surface area contributed by atoms with E-state index in [2.05, 4.69) is 15.9 Å². The molecule has 1 aromatic heterocycles. The third kappa shape index (κ3) is 3.39. The molecule has 0 saturated heterocycles. The first-order chi connectivity index (χ1) is 8.13. The normalized spacial score (nSPS) is 11.6. The number of aryl methyl sites for hydroxylation is 1. The monoisotopic (exact) mass is 318 g/mol. The molecule has 0 fully saturated rings. The molecule has 100 valence electrons. The fourth-order valence-corrected chi connectivity index (χ4v) is 1.88. The maximum atomic E-state index is 11.9. The average Bonchev–Trinajstić information content (AvgIpc) is 2.23. The van der Waals surface area contributed by atoms with Crippen LogP contribution < -0.4 is 5.56 Å². The van der Waals surface area contributed by atoms with Crippen molar-refractivity contribution in [3.05, 3.63) is 36.7 Å². The SMILES string of the molecule is Cc1c([N+](=O)[O-])cn(CCC(C)(C)O)c(=O)c1Br. The molecule has 0 bridgehead atoms. The molecule has 1 heterocycles. The van der Waals surface area contributed by atoms with Crippen molar-refractivity contribution in [2.24, 2.45) is 0 Å². The van der Waals surface area contributed by atoms with Gasteiger partial charge < -0.3 is 9.67 Å². The molecule has 0 aliphatic rings. The van der Waals surface area contributed by atoms with E-state index in [9.17, 15) is 20.0 Å². The van der Waals surface area contributed by atoms with Gasteiger partial charge in [-0.3, -0.25) is 14.9 Å². The van der Waals surface area contributed by atoms with E-state index in [1.165, 1.54) is 17.7 Å². The summed E-state index contributed by atoms with van der Waals surface area (Å²) in [6.07, 6.45) is 1.55. The van der Waals surface area contributed by atoms with E-state index in [1.54, 1.807) is 13.8 Å². The standard InChI is InChI=1S/C11H15BrN2O4/c1-7-8(14(17)18)6-13(10(15)9(7)12)5-4-11(2,3)16/h6,16H,4-5H2,1-3H3. The number of pyridine rings is 1. The van der Waals surface area contributed by atoms with Crippen molar-refractivity contribution in [2.75, 3.05) is 0 Å². The fraction of sp³-hybridized carbons (Fsp3) is 0.545. The van der Waals surface area contributed by atoms with Crippen molar-refractivity contribution in [1.29, 1.82) is 0 Å².